The molecule has 0 saturated heterocycles. The van der Waals surface area contributed by atoms with Crippen LogP contribution >= 0.6 is 0 Å². The lowest BCUT2D eigenvalue weighted by atomic mass is 9.51. The summed E-state index contributed by atoms with van der Waals surface area (Å²) in [5, 5.41) is 0. The van der Waals surface area contributed by atoms with Crippen molar-refractivity contribution in [3.05, 3.63) is 85.5 Å². The Morgan fingerprint density at radius 2 is 1.35 bits per heavy atom. The molecular weight excluding hydrogens is 460 g/mol. The summed E-state index contributed by atoms with van der Waals surface area (Å²) >= 11 is 0. The molecule has 5 rings (SSSR count). The lowest BCUT2D eigenvalue weighted by Crippen LogP contribution is -2.57. The number of rotatable bonds is 10. The minimum atomic E-state index is -0.465. The van der Waals surface area contributed by atoms with Crippen molar-refractivity contribution in [1.29, 1.82) is 0 Å². The molecule has 1 aliphatic heterocycles. The van der Waals surface area contributed by atoms with Gasteiger partial charge in [0.2, 0.25) is 0 Å². The highest BCUT2D eigenvalue weighted by molar-refractivity contribution is 5.53. The van der Waals surface area contributed by atoms with Crippen molar-refractivity contribution in [1.82, 2.24) is 0 Å². The Kier molecular flexibility index (Phi) is 7.64. The van der Waals surface area contributed by atoms with Crippen LogP contribution < -0.4 is 18.9 Å². The lowest BCUT2D eigenvalue weighted by molar-refractivity contribution is -0.0961. The fourth-order valence-electron chi connectivity index (χ4n) is 7.16. The second-order valence-electron chi connectivity index (χ2n) is 10.6. The third kappa shape index (κ3) is 4.67. The molecule has 37 heavy (non-hydrogen) atoms. The number of benzene rings is 2. The second-order valence-corrected chi connectivity index (χ2v) is 10.6. The maximum atomic E-state index is 7.23. The summed E-state index contributed by atoms with van der Waals surface area (Å²) in [5.41, 5.74) is 2.11. The normalized spacial score (nSPS) is 23.6. The smallest absolute Gasteiger partial charge is 0.141 e. The van der Waals surface area contributed by atoms with Crippen molar-refractivity contribution in [2.24, 2.45) is 5.92 Å². The summed E-state index contributed by atoms with van der Waals surface area (Å²) in [7, 11) is 0. The topological polar surface area (TPSA) is 36.9 Å². The van der Waals surface area contributed by atoms with Gasteiger partial charge in [-0.15, -0.1) is 0 Å². The molecule has 2 aliphatic carbocycles. The molecule has 3 aliphatic rings. The number of hydrogen-bond donors (Lipinski definition) is 0. The van der Waals surface area contributed by atoms with E-state index in [0.29, 0.717) is 25.7 Å². The van der Waals surface area contributed by atoms with Crippen molar-refractivity contribution in [2.75, 3.05) is 19.8 Å². The predicted octanol–water partition coefficient (Wildman–Crippen LogP) is 8.06. The number of ether oxygens (including phenoxy) is 4. The minimum Gasteiger partial charge on any atom is -0.489 e. The van der Waals surface area contributed by atoms with Gasteiger partial charge in [0, 0.05) is 34.6 Å². The van der Waals surface area contributed by atoms with Gasteiger partial charge in [0.15, 0.2) is 0 Å². The molecule has 2 saturated carbocycles. The molecule has 0 radical (unpaired) electrons. The van der Waals surface area contributed by atoms with Crippen LogP contribution in [0, 0.1) is 5.92 Å². The van der Waals surface area contributed by atoms with E-state index in [1.165, 1.54) is 44.1 Å². The average molecular weight is 501 g/mol. The van der Waals surface area contributed by atoms with E-state index in [9.17, 15) is 0 Å². The molecule has 2 aromatic rings. The fraction of sp³-hybridized carbons (Fsp3) is 0.455. The Balaban J connectivity index is 1.67. The molecule has 0 unspecified atom stereocenters. The van der Waals surface area contributed by atoms with Crippen molar-refractivity contribution in [3.8, 4) is 23.0 Å². The van der Waals surface area contributed by atoms with Crippen LogP contribution in [0.25, 0.3) is 0 Å². The predicted molar refractivity (Wildman–Crippen MR) is 149 cm³/mol. The van der Waals surface area contributed by atoms with Crippen LogP contribution in [0.4, 0.5) is 0 Å². The van der Waals surface area contributed by atoms with E-state index in [0.717, 1.165) is 47.8 Å². The van der Waals surface area contributed by atoms with E-state index in [-0.39, 0.29) is 5.41 Å². The van der Waals surface area contributed by atoms with Gasteiger partial charge < -0.3 is 18.9 Å². The van der Waals surface area contributed by atoms with E-state index >= 15 is 0 Å². The summed E-state index contributed by atoms with van der Waals surface area (Å²) in [6.07, 6.45) is 16.0. The molecular formula is C33H40O4. The molecule has 2 fully saturated rings. The summed E-state index contributed by atoms with van der Waals surface area (Å²) in [5.74, 6) is 3.76. The zero-order chi connectivity index (χ0) is 25.7. The summed E-state index contributed by atoms with van der Waals surface area (Å²) in [6, 6.07) is 12.7. The Bertz CT molecular complexity index is 1130. The van der Waals surface area contributed by atoms with Gasteiger partial charge in [-0.05, 0) is 50.3 Å². The van der Waals surface area contributed by atoms with Crippen molar-refractivity contribution in [3.63, 3.8) is 0 Å². The highest BCUT2D eigenvalue weighted by Gasteiger charge is 2.59. The highest BCUT2D eigenvalue weighted by atomic mass is 16.5. The maximum absolute atomic E-state index is 7.23. The summed E-state index contributed by atoms with van der Waals surface area (Å²) < 4.78 is 25.4. The second kappa shape index (κ2) is 11.1. The largest absolute Gasteiger partial charge is 0.489 e. The first-order valence-corrected chi connectivity index (χ1v) is 13.9. The molecule has 0 bridgehead atoms. The van der Waals surface area contributed by atoms with Gasteiger partial charge in [-0.3, -0.25) is 0 Å². The molecule has 196 valence electrons. The van der Waals surface area contributed by atoms with Crippen molar-refractivity contribution < 1.29 is 18.9 Å². The highest BCUT2D eigenvalue weighted by Crippen LogP contribution is 2.64. The molecule has 2 atom stereocenters. The molecule has 4 nitrogen and oxygen atoms in total. The maximum Gasteiger partial charge on any atom is 0.141 e. The third-order valence-electron chi connectivity index (χ3n) is 8.55. The third-order valence-corrected chi connectivity index (χ3v) is 8.55. The van der Waals surface area contributed by atoms with Gasteiger partial charge in [-0.1, -0.05) is 69.7 Å². The molecule has 0 aromatic heterocycles. The van der Waals surface area contributed by atoms with Crippen LogP contribution in [0.2, 0.25) is 0 Å². The Morgan fingerprint density at radius 1 is 0.730 bits per heavy atom. The molecule has 0 N–H and O–H groups in total. The van der Waals surface area contributed by atoms with Gasteiger partial charge in [-0.25, -0.2) is 0 Å². The molecule has 1 spiro atoms. The molecule has 2 aromatic carbocycles. The summed E-state index contributed by atoms with van der Waals surface area (Å²) in [4.78, 5) is 0. The first-order chi connectivity index (χ1) is 18.2. The van der Waals surface area contributed by atoms with E-state index in [4.69, 9.17) is 18.9 Å². The average Bonchev–Trinajstić information content (AvgIpc) is 2.94. The molecule has 0 amide bonds. The van der Waals surface area contributed by atoms with Crippen LogP contribution in [0.3, 0.4) is 0 Å². The Morgan fingerprint density at radius 3 is 2.05 bits per heavy atom. The monoisotopic (exact) mass is 500 g/mol. The Hall–Kier alpha value is -3.14. The summed E-state index contributed by atoms with van der Waals surface area (Å²) in [6.45, 7) is 12.8. The zero-order valence-corrected chi connectivity index (χ0v) is 22.0. The van der Waals surface area contributed by atoms with E-state index in [1.54, 1.807) is 18.2 Å². The zero-order valence-electron chi connectivity index (χ0n) is 22.0. The molecule has 4 heteroatoms. The van der Waals surface area contributed by atoms with Gasteiger partial charge in [0.1, 0.15) is 48.4 Å². The number of fused-ring (bicyclic) bond motifs is 4. The first-order valence-electron chi connectivity index (χ1n) is 13.9. The van der Waals surface area contributed by atoms with Crippen LogP contribution in [-0.2, 0) is 11.0 Å². The van der Waals surface area contributed by atoms with Crippen LogP contribution in [0.5, 0.6) is 23.0 Å². The van der Waals surface area contributed by atoms with E-state index < -0.39 is 5.60 Å². The van der Waals surface area contributed by atoms with Gasteiger partial charge in [-0.2, -0.15) is 0 Å². The standard InChI is InChI=1S/C33H40O4/c1-4-20-34-25-14-16-28(29(23-25)36-22-6-3)33-19-11-8-12-31(33)32(17-9-7-10-18-32)27-15-13-26(35-21-5-2)24-30(27)37-33/h4-6,13-16,23-24,31H,1-3,7-12,17-22H2/t31-,33+/m0/s1. The van der Waals surface area contributed by atoms with Crippen molar-refractivity contribution in [2.45, 2.75) is 68.8 Å². The quantitative estimate of drug-likeness (QED) is 0.309. The van der Waals surface area contributed by atoms with Crippen LogP contribution in [0.1, 0.15) is 68.9 Å². The van der Waals surface area contributed by atoms with Gasteiger partial charge in [0.25, 0.3) is 0 Å². The van der Waals surface area contributed by atoms with Crippen LogP contribution in [-0.4, -0.2) is 19.8 Å². The van der Waals surface area contributed by atoms with Gasteiger partial charge >= 0.3 is 0 Å². The first kappa shape index (κ1) is 25.5. The SMILES string of the molecule is C=CCOc1ccc2c(c1)O[C@@]1(c3ccc(OCC=C)cc3OCC=C)CCCC[C@H]1C21CCCCC1. The fourth-order valence-corrected chi connectivity index (χ4v) is 7.16. The van der Waals surface area contributed by atoms with E-state index in [2.05, 4.69) is 50.1 Å². The van der Waals surface area contributed by atoms with Gasteiger partial charge in [0.05, 0.1) is 0 Å². The van der Waals surface area contributed by atoms with Crippen LogP contribution in [0.15, 0.2) is 74.4 Å². The Labute approximate surface area is 222 Å². The lowest BCUT2D eigenvalue weighted by Gasteiger charge is -2.58. The van der Waals surface area contributed by atoms with E-state index in [1.807, 2.05) is 6.07 Å². The molecule has 1 heterocycles. The van der Waals surface area contributed by atoms with Crippen molar-refractivity contribution >= 4 is 0 Å². The number of hydrogen-bond acceptors (Lipinski definition) is 4. The minimum absolute atomic E-state index is 0.0942.